The molecule has 0 spiro atoms. The van der Waals surface area contributed by atoms with Crippen LogP contribution in [-0.2, 0) is 13.3 Å². The summed E-state index contributed by atoms with van der Waals surface area (Å²) >= 11 is 0. The predicted octanol–water partition coefficient (Wildman–Crippen LogP) is -0.156. The van der Waals surface area contributed by atoms with E-state index in [0.717, 1.165) is 19.0 Å². The minimum absolute atomic E-state index is 0.750. The first-order valence-electron chi connectivity index (χ1n) is 5.04. The molecule has 0 aliphatic carbocycles. The summed E-state index contributed by atoms with van der Waals surface area (Å²) in [4.78, 5) is 10.8. The summed E-state index contributed by atoms with van der Waals surface area (Å²) in [6.45, 7) is 1.03. The van der Waals surface area contributed by atoms with Gasteiger partial charge in [-0.25, -0.2) is 5.21 Å². The molecule has 8 nitrogen and oxygen atoms in total. The van der Waals surface area contributed by atoms with Crippen LogP contribution in [0, 0.1) is 4.91 Å². The van der Waals surface area contributed by atoms with Crippen molar-refractivity contribution >= 4 is 8.80 Å². The maximum Gasteiger partial charge on any atom is 0.500 e. The minimum atomic E-state index is -2.31. The molecule has 0 aromatic carbocycles. The van der Waals surface area contributed by atoms with E-state index in [4.69, 9.17) is 23.4 Å². The molecule has 0 aliphatic heterocycles. The van der Waals surface area contributed by atoms with Crippen LogP contribution in [0.15, 0.2) is 0 Å². The normalized spacial score (nSPS) is 10.9. The summed E-state index contributed by atoms with van der Waals surface area (Å²) in [5, 5.41) is 6.36. The summed E-state index contributed by atoms with van der Waals surface area (Å²) in [5.74, 6) is 3.94. The summed E-state index contributed by atoms with van der Waals surface area (Å²) in [5.41, 5.74) is 0. The van der Waals surface area contributed by atoms with Crippen molar-refractivity contribution in [2.24, 2.45) is 5.84 Å². The predicted molar refractivity (Wildman–Crippen MR) is 64.4 cm³/mol. The third-order valence-corrected chi connectivity index (χ3v) is 4.85. The second-order valence-corrected chi connectivity index (χ2v) is 6.60. The Morgan fingerprint density at radius 1 is 1.24 bits per heavy atom. The lowest BCUT2D eigenvalue weighted by Gasteiger charge is -2.24. The lowest BCUT2D eigenvalue weighted by Crippen LogP contribution is -2.43. The highest BCUT2D eigenvalue weighted by Crippen LogP contribution is 2.14. The van der Waals surface area contributed by atoms with Gasteiger partial charge >= 0.3 is 13.8 Å². The van der Waals surface area contributed by atoms with Gasteiger partial charge in [0.1, 0.15) is 4.91 Å². The van der Waals surface area contributed by atoms with Crippen molar-refractivity contribution in [1.82, 2.24) is 4.90 Å². The molecule has 0 rings (SSSR count). The first-order valence-corrected chi connectivity index (χ1v) is 6.97. The van der Waals surface area contributed by atoms with Crippen LogP contribution in [0.25, 0.3) is 0 Å². The van der Waals surface area contributed by atoms with E-state index in [1.165, 1.54) is 0 Å². The fraction of sp³-hybridized carbons (Fsp3) is 1.00. The third kappa shape index (κ3) is 11.5. The van der Waals surface area contributed by atoms with E-state index in [9.17, 15) is 0 Å². The molecule has 0 aliphatic rings. The van der Waals surface area contributed by atoms with Crippen LogP contribution >= 0.6 is 0 Å². The van der Waals surface area contributed by atoms with Crippen molar-refractivity contribution < 1.29 is 23.5 Å². The molecule has 0 aromatic heterocycles. The van der Waals surface area contributed by atoms with E-state index in [1.54, 1.807) is 21.3 Å². The lowest BCUT2D eigenvalue weighted by atomic mass is 10.5. The molecular weight excluding hydrogens is 246 g/mol. The molecule has 0 fully saturated rings. The van der Waals surface area contributed by atoms with E-state index in [1.807, 2.05) is 0 Å². The maximum absolute atomic E-state index is 8.69. The first-order chi connectivity index (χ1) is 7.83. The zero-order valence-corrected chi connectivity index (χ0v) is 12.2. The average Bonchev–Trinajstić information content (AvgIpc) is 2.24. The number of hydrogen-bond acceptors (Lipinski definition) is 5. The Kier molecular flexibility index (Phi) is 11.4. The van der Waals surface area contributed by atoms with E-state index < -0.39 is 13.8 Å². The Bertz CT molecular complexity index is 189. The largest absolute Gasteiger partial charge is 0.500 e. The third-order valence-electron chi connectivity index (χ3n) is 2.02. The molecule has 3 N–H and O–H groups in total. The molecule has 0 unspecified atom stereocenters. The van der Waals surface area contributed by atoms with Gasteiger partial charge in [0.05, 0.1) is 0 Å². The summed E-state index contributed by atoms with van der Waals surface area (Å²) in [7, 11) is 6.73. The molecule has 0 aromatic rings. The van der Waals surface area contributed by atoms with Crippen LogP contribution in [0.4, 0.5) is 0 Å². The van der Waals surface area contributed by atoms with Crippen molar-refractivity contribution in [3.05, 3.63) is 4.91 Å². The lowest BCUT2D eigenvalue weighted by molar-refractivity contribution is -0.801. The van der Waals surface area contributed by atoms with Gasteiger partial charge in [-0.1, -0.05) is 0 Å². The monoisotopic (exact) mass is 270 g/mol. The first kappa shape index (κ1) is 18.6. The Balaban J connectivity index is 0. The Morgan fingerprint density at radius 3 is 1.82 bits per heavy atom. The number of hydrogen-bond donors (Lipinski definition) is 2. The van der Waals surface area contributed by atoms with Gasteiger partial charge in [-0.15, -0.1) is 5.84 Å². The zero-order chi connectivity index (χ0) is 13.9. The van der Waals surface area contributed by atoms with Gasteiger partial charge in [-0.2, -0.15) is 0 Å². The standard InChI is InChI=1S/C8H21NO3Si.H3N2O2/c1-9(2)7-6-8-13(10-3,11-4)12-5;1-2(3)4/h6-8H2,1-5H3;1H2,(H,3,4)/q;+1. The topological polar surface area (TPSA) is 97.3 Å². The Hall–Kier alpha value is -0.743. The molecular formula is C8H24N3O5Si+. The van der Waals surface area contributed by atoms with Gasteiger partial charge in [-0.05, 0) is 27.1 Å². The van der Waals surface area contributed by atoms with Crippen LogP contribution in [0.3, 0.4) is 0 Å². The van der Waals surface area contributed by atoms with Crippen molar-refractivity contribution in [3.63, 3.8) is 0 Å². The number of nitrogens with zero attached hydrogens (tertiary/aromatic N) is 2. The van der Waals surface area contributed by atoms with Gasteiger partial charge in [0.2, 0.25) is 0 Å². The highest BCUT2D eigenvalue weighted by Gasteiger charge is 2.36. The summed E-state index contributed by atoms with van der Waals surface area (Å²) in [6.07, 6.45) is 1.04. The molecule has 0 saturated carbocycles. The minimum Gasteiger partial charge on any atom is -0.377 e. The van der Waals surface area contributed by atoms with Crippen molar-refractivity contribution in [1.29, 1.82) is 0 Å². The van der Waals surface area contributed by atoms with E-state index in [-0.39, 0.29) is 0 Å². The van der Waals surface area contributed by atoms with Gasteiger partial charge in [0, 0.05) is 27.4 Å². The van der Waals surface area contributed by atoms with E-state index in [0.29, 0.717) is 0 Å². The second kappa shape index (κ2) is 10.4. The smallest absolute Gasteiger partial charge is 0.377 e. The number of nitrogens with two attached hydrogens (primary N) is 1. The second-order valence-electron chi connectivity index (χ2n) is 3.50. The van der Waals surface area contributed by atoms with Crippen LogP contribution in [0.5, 0.6) is 0 Å². The van der Waals surface area contributed by atoms with Gasteiger partial charge < -0.3 is 18.2 Å². The average molecular weight is 270 g/mol. The quantitative estimate of drug-likeness (QED) is 0.377. The van der Waals surface area contributed by atoms with Gasteiger partial charge in [0.25, 0.3) is 0 Å². The fourth-order valence-corrected chi connectivity index (χ4v) is 2.87. The summed E-state index contributed by atoms with van der Waals surface area (Å²) in [6, 6.07) is 0.870. The molecule has 9 heteroatoms. The number of rotatable bonds is 7. The Morgan fingerprint density at radius 2 is 1.59 bits per heavy atom. The molecule has 0 atom stereocenters. The highest BCUT2D eigenvalue weighted by atomic mass is 28.4. The van der Waals surface area contributed by atoms with Crippen LogP contribution in [0.1, 0.15) is 6.42 Å². The van der Waals surface area contributed by atoms with Crippen molar-refractivity contribution in [3.8, 4) is 0 Å². The van der Waals surface area contributed by atoms with Crippen LogP contribution in [-0.4, -0.2) is 65.9 Å². The number of hydrazine groups is 1. The van der Waals surface area contributed by atoms with E-state index >= 15 is 0 Å². The van der Waals surface area contributed by atoms with Crippen LogP contribution in [0.2, 0.25) is 6.04 Å². The SMILES string of the molecule is CO[Si](CCCN(C)C)(OC)OC.N[N+](=O)O. The van der Waals surface area contributed by atoms with Gasteiger partial charge in [-0.3, -0.25) is 0 Å². The van der Waals surface area contributed by atoms with Crippen molar-refractivity contribution in [2.75, 3.05) is 42.0 Å². The van der Waals surface area contributed by atoms with E-state index in [2.05, 4.69) is 24.8 Å². The molecule has 104 valence electrons. The van der Waals surface area contributed by atoms with Crippen LogP contribution < -0.4 is 5.84 Å². The molecule has 17 heavy (non-hydrogen) atoms. The Labute approximate surface area is 103 Å². The molecule has 0 radical (unpaired) electrons. The highest BCUT2D eigenvalue weighted by molar-refractivity contribution is 6.60. The summed E-state index contributed by atoms with van der Waals surface area (Å²) < 4.78 is 15.9. The van der Waals surface area contributed by atoms with Gasteiger partial charge in [0.15, 0.2) is 0 Å². The fourth-order valence-electron chi connectivity index (χ4n) is 1.17. The molecule has 0 bridgehead atoms. The molecule has 0 heterocycles. The maximum atomic E-state index is 8.69. The molecule has 0 amide bonds. The molecule has 0 saturated heterocycles. The zero-order valence-electron chi connectivity index (χ0n) is 11.2. The van der Waals surface area contributed by atoms with Crippen molar-refractivity contribution in [2.45, 2.75) is 12.5 Å².